The molecule has 0 radical (unpaired) electrons. The Hall–Kier alpha value is -1.95. The van der Waals surface area contributed by atoms with E-state index in [0.29, 0.717) is 19.8 Å². The molecule has 1 aliphatic rings. The predicted octanol–water partition coefficient (Wildman–Crippen LogP) is 1.20. The molecule has 0 spiro atoms. The minimum atomic E-state index is -0.463. The summed E-state index contributed by atoms with van der Waals surface area (Å²) in [5.74, 6) is 1.51. The Bertz CT molecular complexity index is 402. The van der Waals surface area contributed by atoms with E-state index >= 15 is 0 Å². The van der Waals surface area contributed by atoms with Gasteiger partial charge in [-0.25, -0.2) is 4.79 Å². The Morgan fingerprint density at radius 2 is 1.95 bits per heavy atom. The number of carbonyl (C=O) groups excluding carboxylic acids is 1. The number of rotatable bonds is 7. The van der Waals surface area contributed by atoms with Crippen molar-refractivity contribution in [3.63, 3.8) is 0 Å². The average Bonchev–Trinajstić information content (AvgIpc) is 3.26. The van der Waals surface area contributed by atoms with E-state index in [1.54, 1.807) is 0 Å². The number of ether oxygens (including phenoxy) is 4. The fraction of sp³-hybridized carbons (Fsp3) is 0.462. The molecule has 1 aromatic rings. The van der Waals surface area contributed by atoms with Crippen LogP contribution in [0.3, 0.4) is 0 Å². The van der Waals surface area contributed by atoms with Gasteiger partial charge in [0.25, 0.3) is 0 Å². The van der Waals surface area contributed by atoms with Crippen molar-refractivity contribution in [1.82, 2.24) is 5.32 Å². The van der Waals surface area contributed by atoms with Gasteiger partial charge in [0, 0.05) is 0 Å². The number of benzene rings is 1. The maximum Gasteiger partial charge on any atom is 0.406 e. The molecule has 19 heavy (non-hydrogen) atoms. The Morgan fingerprint density at radius 3 is 2.53 bits per heavy atom. The zero-order chi connectivity index (χ0) is 13.5. The Kier molecular flexibility index (Phi) is 4.85. The number of carbonyl (C=O) groups is 1. The lowest BCUT2D eigenvalue weighted by Crippen LogP contribution is -2.27. The minimum Gasteiger partial charge on any atom is -0.492 e. The molecule has 6 heteroatoms. The lowest BCUT2D eigenvalue weighted by molar-refractivity contribution is 0.168. The monoisotopic (exact) mass is 267 g/mol. The molecule has 1 fully saturated rings. The lowest BCUT2D eigenvalue weighted by Gasteiger charge is -2.08. The molecule has 1 aromatic carbocycles. The van der Waals surface area contributed by atoms with Gasteiger partial charge in [-0.1, -0.05) is 0 Å². The Labute approximate surface area is 111 Å². The van der Waals surface area contributed by atoms with Crippen molar-refractivity contribution in [3.05, 3.63) is 24.3 Å². The second kappa shape index (κ2) is 6.84. The van der Waals surface area contributed by atoms with E-state index in [1.165, 1.54) is 7.11 Å². The first kappa shape index (κ1) is 13.5. The molecule has 104 valence electrons. The quantitative estimate of drug-likeness (QED) is 0.594. The van der Waals surface area contributed by atoms with Crippen molar-refractivity contribution in [1.29, 1.82) is 0 Å². The SMILES string of the molecule is COC(=O)NCCOc1ccc(OCC2CO2)cc1. The molecule has 1 amide bonds. The van der Waals surface area contributed by atoms with Gasteiger partial charge in [0.1, 0.15) is 30.8 Å². The number of amides is 1. The van der Waals surface area contributed by atoms with Crippen molar-refractivity contribution in [2.45, 2.75) is 6.10 Å². The van der Waals surface area contributed by atoms with Crippen LogP contribution in [0.15, 0.2) is 24.3 Å². The molecule has 0 saturated carbocycles. The number of epoxide rings is 1. The van der Waals surface area contributed by atoms with Crippen molar-refractivity contribution >= 4 is 6.09 Å². The fourth-order valence-corrected chi connectivity index (χ4v) is 1.38. The summed E-state index contributed by atoms with van der Waals surface area (Å²) in [5.41, 5.74) is 0. The van der Waals surface area contributed by atoms with Crippen LogP contribution < -0.4 is 14.8 Å². The number of alkyl carbamates (subject to hydrolysis) is 1. The number of hydrogen-bond donors (Lipinski definition) is 1. The van der Waals surface area contributed by atoms with E-state index in [0.717, 1.165) is 18.1 Å². The van der Waals surface area contributed by atoms with Crippen LogP contribution in [0, 0.1) is 0 Å². The number of methoxy groups -OCH3 is 1. The molecular formula is C13H17NO5. The number of hydrogen-bond acceptors (Lipinski definition) is 5. The smallest absolute Gasteiger partial charge is 0.406 e. The summed E-state index contributed by atoms with van der Waals surface area (Å²) in [4.78, 5) is 10.8. The third-order valence-corrected chi connectivity index (χ3v) is 2.49. The van der Waals surface area contributed by atoms with Gasteiger partial charge in [-0.2, -0.15) is 0 Å². The molecular weight excluding hydrogens is 250 g/mol. The highest BCUT2D eigenvalue weighted by atomic mass is 16.6. The van der Waals surface area contributed by atoms with Crippen LogP contribution in [-0.2, 0) is 9.47 Å². The van der Waals surface area contributed by atoms with Gasteiger partial charge in [0.2, 0.25) is 0 Å². The van der Waals surface area contributed by atoms with Crippen molar-refractivity contribution < 1.29 is 23.7 Å². The van der Waals surface area contributed by atoms with Gasteiger partial charge in [0.15, 0.2) is 0 Å². The summed E-state index contributed by atoms with van der Waals surface area (Å²) in [7, 11) is 1.32. The summed E-state index contributed by atoms with van der Waals surface area (Å²) < 4.78 is 20.4. The third kappa shape index (κ3) is 5.05. The summed E-state index contributed by atoms with van der Waals surface area (Å²) in [6, 6.07) is 7.32. The lowest BCUT2D eigenvalue weighted by atomic mass is 10.3. The maximum atomic E-state index is 10.8. The molecule has 1 aliphatic heterocycles. The molecule has 1 unspecified atom stereocenters. The van der Waals surface area contributed by atoms with Gasteiger partial charge >= 0.3 is 6.09 Å². The molecule has 1 N–H and O–H groups in total. The molecule has 1 saturated heterocycles. The van der Waals surface area contributed by atoms with E-state index in [1.807, 2.05) is 24.3 Å². The van der Waals surface area contributed by atoms with Crippen molar-refractivity contribution in [2.75, 3.05) is 33.5 Å². The number of nitrogens with one attached hydrogen (secondary N) is 1. The van der Waals surface area contributed by atoms with Crippen LogP contribution in [0.2, 0.25) is 0 Å². The van der Waals surface area contributed by atoms with E-state index in [2.05, 4.69) is 10.1 Å². The second-order valence-electron chi connectivity index (χ2n) is 4.00. The molecule has 0 aromatic heterocycles. The molecule has 1 heterocycles. The zero-order valence-electron chi connectivity index (χ0n) is 10.8. The van der Waals surface area contributed by atoms with Crippen LogP contribution in [0.5, 0.6) is 11.5 Å². The normalized spacial score (nSPS) is 16.6. The van der Waals surface area contributed by atoms with Crippen LogP contribution in [0.1, 0.15) is 0 Å². The summed E-state index contributed by atoms with van der Waals surface area (Å²) >= 11 is 0. The average molecular weight is 267 g/mol. The summed E-state index contributed by atoms with van der Waals surface area (Å²) in [6.45, 7) is 2.15. The second-order valence-corrected chi connectivity index (χ2v) is 4.00. The van der Waals surface area contributed by atoms with Crippen LogP contribution in [0.4, 0.5) is 4.79 Å². The van der Waals surface area contributed by atoms with E-state index < -0.39 is 6.09 Å². The van der Waals surface area contributed by atoms with E-state index in [4.69, 9.17) is 14.2 Å². The van der Waals surface area contributed by atoms with Gasteiger partial charge in [-0.05, 0) is 24.3 Å². The zero-order valence-corrected chi connectivity index (χ0v) is 10.8. The van der Waals surface area contributed by atoms with Gasteiger partial charge < -0.3 is 24.3 Å². The fourth-order valence-electron chi connectivity index (χ4n) is 1.38. The third-order valence-electron chi connectivity index (χ3n) is 2.49. The molecule has 2 rings (SSSR count). The first-order valence-electron chi connectivity index (χ1n) is 6.07. The van der Waals surface area contributed by atoms with E-state index in [9.17, 15) is 4.79 Å². The molecule has 0 bridgehead atoms. The highest BCUT2D eigenvalue weighted by Crippen LogP contribution is 2.19. The molecule has 1 atom stereocenters. The highest BCUT2D eigenvalue weighted by Gasteiger charge is 2.22. The maximum absolute atomic E-state index is 10.8. The van der Waals surface area contributed by atoms with Crippen LogP contribution in [0.25, 0.3) is 0 Å². The van der Waals surface area contributed by atoms with Crippen LogP contribution >= 0.6 is 0 Å². The van der Waals surface area contributed by atoms with Crippen molar-refractivity contribution in [3.8, 4) is 11.5 Å². The first-order chi connectivity index (χ1) is 9.28. The van der Waals surface area contributed by atoms with Gasteiger partial charge in [0.05, 0.1) is 20.3 Å². The Morgan fingerprint density at radius 1 is 1.32 bits per heavy atom. The van der Waals surface area contributed by atoms with Crippen molar-refractivity contribution in [2.24, 2.45) is 0 Å². The standard InChI is InChI=1S/C13H17NO5/c1-16-13(15)14-6-7-17-10-2-4-11(5-3-10)18-8-12-9-19-12/h2-5,12H,6-9H2,1H3,(H,14,15). The Balaban J connectivity index is 1.64. The topological polar surface area (TPSA) is 69.3 Å². The first-order valence-corrected chi connectivity index (χ1v) is 6.07. The summed E-state index contributed by atoms with van der Waals surface area (Å²) in [5, 5.41) is 2.53. The van der Waals surface area contributed by atoms with Gasteiger partial charge in [-0.3, -0.25) is 0 Å². The van der Waals surface area contributed by atoms with Crippen LogP contribution in [-0.4, -0.2) is 45.7 Å². The highest BCUT2D eigenvalue weighted by molar-refractivity contribution is 5.66. The largest absolute Gasteiger partial charge is 0.492 e. The van der Waals surface area contributed by atoms with Gasteiger partial charge in [-0.15, -0.1) is 0 Å². The molecule has 0 aliphatic carbocycles. The predicted molar refractivity (Wildman–Crippen MR) is 67.6 cm³/mol. The summed E-state index contributed by atoms with van der Waals surface area (Å²) in [6.07, 6.45) is -0.213. The molecule has 6 nitrogen and oxygen atoms in total. The minimum absolute atomic E-state index is 0.250. The van der Waals surface area contributed by atoms with E-state index in [-0.39, 0.29) is 6.10 Å².